The van der Waals surface area contributed by atoms with Crippen molar-refractivity contribution in [3.8, 4) is 0 Å². The number of aromatic nitrogens is 2. The molecule has 8 heteroatoms. The van der Waals surface area contributed by atoms with Crippen molar-refractivity contribution in [3.63, 3.8) is 0 Å². The van der Waals surface area contributed by atoms with Gasteiger partial charge >= 0.3 is 0 Å². The molecule has 2 fully saturated rings. The van der Waals surface area contributed by atoms with Gasteiger partial charge in [0.05, 0.1) is 18.8 Å². The van der Waals surface area contributed by atoms with Gasteiger partial charge in [-0.05, 0) is 20.8 Å². The van der Waals surface area contributed by atoms with Gasteiger partial charge in [-0.3, -0.25) is 9.69 Å². The summed E-state index contributed by atoms with van der Waals surface area (Å²) in [5, 5.41) is 0. The summed E-state index contributed by atoms with van der Waals surface area (Å²) in [6.45, 7) is 11.4. The lowest BCUT2D eigenvalue weighted by Gasteiger charge is -2.38. The van der Waals surface area contributed by atoms with Gasteiger partial charge in [0.25, 0.3) is 0 Å². The average molecular weight is 377 g/mol. The van der Waals surface area contributed by atoms with E-state index in [9.17, 15) is 4.79 Å². The molecule has 2 aliphatic rings. The Labute approximate surface area is 162 Å². The van der Waals surface area contributed by atoms with Gasteiger partial charge in [0.2, 0.25) is 11.9 Å². The lowest BCUT2D eigenvalue weighted by Crippen LogP contribution is -2.54. The number of rotatable bonds is 4. The monoisotopic (exact) mass is 376 g/mol. The van der Waals surface area contributed by atoms with E-state index < -0.39 is 0 Å². The first-order valence-electron chi connectivity index (χ1n) is 9.75. The number of carbonyl (C=O) groups excluding carboxylic acids is 1. The van der Waals surface area contributed by atoms with E-state index >= 15 is 0 Å². The summed E-state index contributed by atoms with van der Waals surface area (Å²) >= 11 is 0. The number of piperazine rings is 1. The minimum absolute atomic E-state index is 0.112. The SMILES string of the molecule is Cc1cc(N2CCN(CC(=O)N3CC(C)OC(C)C3)CC2)nc(N(C)C)n1. The summed E-state index contributed by atoms with van der Waals surface area (Å²) in [6.07, 6.45) is 0.225. The van der Waals surface area contributed by atoms with Crippen molar-refractivity contribution in [2.45, 2.75) is 33.0 Å². The average Bonchev–Trinajstić information content (AvgIpc) is 2.61. The number of carbonyl (C=O) groups is 1. The number of hydrogen-bond donors (Lipinski definition) is 0. The van der Waals surface area contributed by atoms with Crippen LogP contribution >= 0.6 is 0 Å². The van der Waals surface area contributed by atoms with E-state index in [2.05, 4.69) is 19.8 Å². The standard InChI is InChI=1S/C19H32N6O2/c1-14-10-17(21-19(20-14)22(4)5)24-8-6-23(7-9-24)13-18(26)25-11-15(2)27-16(3)12-25/h10,15-16H,6-9,11-13H2,1-5H3. The Kier molecular flexibility index (Phi) is 6.16. The van der Waals surface area contributed by atoms with Crippen LogP contribution in [0.4, 0.5) is 11.8 Å². The highest BCUT2D eigenvalue weighted by atomic mass is 16.5. The Balaban J connectivity index is 1.54. The molecule has 2 atom stereocenters. The molecule has 150 valence electrons. The Hall–Kier alpha value is -1.93. The predicted octanol–water partition coefficient (Wildman–Crippen LogP) is 0.609. The Morgan fingerprint density at radius 1 is 1.15 bits per heavy atom. The molecule has 1 aromatic rings. The zero-order chi connectivity index (χ0) is 19.6. The van der Waals surface area contributed by atoms with Crippen LogP contribution in [0.25, 0.3) is 0 Å². The molecule has 3 heterocycles. The molecule has 27 heavy (non-hydrogen) atoms. The van der Waals surface area contributed by atoms with E-state index in [1.807, 2.05) is 50.7 Å². The molecule has 3 rings (SSSR count). The van der Waals surface area contributed by atoms with E-state index in [1.54, 1.807) is 0 Å². The van der Waals surface area contributed by atoms with Gasteiger partial charge in [-0.2, -0.15) is 4.98 Å². The van der Waals surface area contributed by atoms with Crippen molar-refractivity contribution in [1.29, 1.82) is 0 Å². The van der Waals surface area contributed by atoms with Crippen LogP contribution < -0.4 is 9.80 Å². The van der Waals surface area contributed by atoms with E-state index in [-0.39, 0.29) is 18.1 Å². The van der Waals surface area contributed by atoms with Crippen molar-refractivity contribution >= 4 is 17.7 Å². The number of aryl methyl sites for hydroxylation is 1. The third-order valence-electron chi connectivity index (χ3n) is 5.06. The van der Waals surface area contributed by atoms with Crippen molar-refractivity contribution in [1.82, 2.24) is 19.8 Å². The molecule has 1 amide bonds. The van der Waals surface area contributed by atoms with E-state index in [0.29, 0.717) is 19.6 Å². The van der Waals surface area contributed by atoms with Crippen LogP contribution in [0.3, 0.4) is 0 Å². The molecular formula is C19H32N6O2. The van der Waals surface area contributed by atoms with E-state index in [1.165, 1.54) is 0 Å². The van der Waals surface area contributed by atoms with Gasteiger partial charge in [-0.1, -0.05) is 0 Å². The summed E-state index contributed by atoms with van der Waals surface area (Å²) in [4.78, 5) is 30.2. The zero-order valence-electron chi connectivity index (χ0n) is 17.2. The topological polar surface area (TPSA) is 65.0 Å². The molecule has 8 nitrogen and oxygen atoms in total. The smallest absolute Gasteiger partial charge is 0.236 e. The molecule has 0 saturated carbocycles. The van der Waals surface area contributed by atoms with E-state index in [0.717, 1.165) is 43.6 Å². The van der Waals surface area contributed by atoms with Gasteiger partial charge in [0, 0.05) is 65.1 Å². The van der Waals surface area contributed by atoms with Crippen molar-refractivity contribution in [3.05, 3.63) is 11.8 Å². The summed E-state index contributed by atoms with van der Waals surface area (Å²) in [7, 11) is 3.91. The fraction of sp³-hybridized carbons (Fsp3) is 0.737. The normalized spacial score (nSPS) is 24.2. The highest BCUT2D eigenvalue weighted by Crippen LogP contribution is 2.18. The van der Waals surface area contributed by atoms with Gasteiger partial charge in [0.1, 0.15) is 5.82 Å². The van der Waals surface area contributed by atoms with Crippen molar-refractivity contribution in [2.75, 3.05) is 69.7 Å². The van der Waals surface area contributed by atoms with Gasteiger partial charge in [-0.15, -0.1) is 0 Å². The first-order valence-corrected chi connectivity index (χ1v) is 9.75. The molecule has 0 spiro atoms. The third-order valence-corrected chi connectivity index (χ3v) is 5.06. The number of hydrogen-bond acceptors (Lipinski definition) is 7. The van der Waals surface area contributed by atoms with Gasteiger partial charge in [-0.25, -0.2) is 4.98 Å². The minimum Gasteiger partial charge on any atom is -0.372 e. The minimum atomic E-state index is 0.112. The maximum Gasteiger partial charge on any atom is 0.236 e. The van der Waals surface area contributed by atoms with Crippen LogP contribution in [-0.4, -0.2) is 97.8 Å². The van der Waals surface area contributed by atoms with Gasteiger partial charge < -0.3 is 19.4 Å². The van der Waals surface area contributed by atoms with E-state index in [4.69, 9.17) is 4.74 Å². The number of morpholine rings is 1. The molecular weight excluding hydrogens is 344 g/mol. The molecule has 2 aliphatic heterocycles. The number of amides is 1. The molecule has 0 bridgehead atoms. The summed E-state index contributed by atoms with van der Waals surface area (Å²) in [5.74, 6) is 1.91. The second-order valence-electron chi connectivity index (χ2n) is 7.88. The Bertz CT molecular complexity index is 650. The maximum atomic E-state index is 12.7. The summed E-state index contributed by atoms with van der Waals surface area (Å²) < 4.78 is 5.73. The first kappa shape index (κ1) is 19.8. The lowest BCUT2D eigenvalue weighted by molar-refractivity contribution is -0.144. The van der Waals surface area contributed by atoms with Crippen LogP contribution in [-0.2, 0) is 9.53 Å². The second-order valence-corrected chi connectivity index (χ2v) is 7.88. The fourth-order valence-corrected chi connectivity index (χ4v) is 3.71. The summed E-state index contributed by atoms with van der Waals surface area (Å²) in [5.41, 5.74) is 0.969. The highest BCUT2D eigenvalue weighted by Gasteiger charge is 2.28. The third kappa shape index (κ3) is 5.07. The van der Waals surface area contributed by atoms with Crippen LogP contribution in [0.5, 0.6) is 0 Å². The lowest BCUT2D eigenvalue weighted by atomic mass is 10.2. The van der Waals surface area contributed by atoms with Crippen LogP contribution in [0.1, 0.15) is 19.5 Å². The Morgan fingerprint density at radius 3 is 2.37 bits per heavy atom. The fourth-order valence-electron chi connectivity index (χ4n) is 3.71. The van der Waals surface area contributed by atoms with Gasteiger partial charge in [0.15, 0.2) is 0 Å². The predicted molar refractivity (Wildman–Crippen MR) is 106 cm³/mol. The first-order chi connectivity index (χ1) is 12.8. The number of nitrogens with zero attached hydrogens (tertiary/aromatic N) is 6. The number of anilines is 2. The zero-order valence-corrected chi connectivity index (χ0v) is 17.2. The maximum absolute atomic E-state index is 12.7. The molecule has 2 unspecified atom stereocenters. The van der Waals surface area contributed by atoms with Crippen LogP contribution in [0, 0.1) is 6.92 Å². The molecule has 2 saturated heterocycles. The molecule has 0 aromatic carbocycles. The molecule has 1 aromatic heterocycles. The number of ether oxygens (including phenoxy) is 1. The summed E-state index contributed by atoms with van der Waals surface area (Å²) in [6, 6.07) is 2.03. The largest absolute Gasteiger partial charge is 0.372 e. The van der Waals surface area contributed by atoms with Crippen LogP contribution in [0.15, 0.2) is 6.07 Å². The molecule has 0 aliphatic carbocycles. The molecule has 0 radical (unpaired) electrons. The van der Waals surface area contributed by atoms with Crippen LogP contribution in [0.2, 0.25) is 0 Å². The van der Waals surface area contributed by atoms with Crippen molar-refractivity contribution < 1.29 is 9.53 Å². The van der Waals surface area contributed by atoms with Crippen molar-refractivity contribution in [2.24, 2.45) is 0 Å². The Morgan fingerprint density at radius 2 is 1.78 bits per heavy atom. The second kappa shape index (κ2) is 8.39. The molecule has 0 N–H and O–H groups in total. The quantitative estimate of drug-likeness (QED) is 0.763. The highest BCUT2D eigenvalue weighted by molar-refractivity contribution is 5.78.